The number of fused-ring (bicyclic) bond motifs is 3. The number of β-amino-alcohol motifs (C(OH)–C–C–N with tert-alkyl or cyclic N) is 1. The van der Waals surface area contributed by atoms with Crippen LogP contribution < -0.4 is 4.74 Å². The second-order valence-corrected chi connectivity index (χ2v) is 6.54. The number of hydrogen-bond acceptors (Lipinski definition) is 3. The molecule has 0 radical (unpaired) electrons. The number of aliphatic hydroxyl groups is 1. The summed E-state index contributed by atoms with van der Waals surface area (Å²) in [7, 11) is 0. The van der Waals surface area contributed by atoms with Gasteiger partial charge in [0.2, 0.25) is 0 Å². The summed E-state index contributed by atoms with van der Waals surface area (Å²) in [4.78, 5) is 5.58. The number of hydrogen-bond donors (Lipinski definition) is 2. The van der Waals surface area contributed by atoms with Gasteiger partial charge >= 0.3 is 0 Å². The minimum Gasteiger partial charge on any atom is -0.491 e. The summed E-state index contributed by atoms with van der Waals surface area (Å²) in [5, 5.41) is 11.2. The first-order valence-corrected chi connectivity index (χ1v) is 8.56. The molecule has 0 saturated carbocycles. The monoisotopic (exact) mass is 340 g/mol. The fraction of sp³-hybridized carbons (Fsp3) is 0.300. The highest BCUT2D eigenvalue weighted by atomic mass is 19.1. The number of rotatable bonds is 5. The van der Waals surface area contributed by atoms with Crippen LogP contribution in [0.5, 0.6) is 5.75 Å². The van der Waals surface area contributed by atoms with Crippen molar-refractivity contribution in [2.45, 2.75) is 19.1 Å². The Kier molecular flexibility index (Phi) is 4.42. The molecule has 1 aromatic heterocycles. The fourth-order valence-electron chi connectivity index (χ4n) is 3.46. The van der Waals surface area contributed by atoms with E-state index in [1.807, 2.05) is 30.3 Å². The molecule has 130 valence electrons. The predicted molar refractivity (Wildman–Crippen MR) is 95.2 cm³/mol. The molecule has 0 amide bonds. The quantitative estimate of drug-likeness (QED) is 0.750. The van der Waals surface area contributed by atoms with Crippen LogP contribution in [0.2, 0.25) is 0 Å². The van der Waals surface area contributed by atoms with E-state index in [2.05, 4.69) is 9.88 Å². The average Bonchev–Trinajstić information content (AvgIpc) is 2.98. The first kappa shape index (κ1) is 16.1. The number of aromatic nitrogens is 1. The summed E-state index contributed by atoms with van der Waals surface area (Å²) in [5.74, 6) is 0.539. The van der Waals surface area contributed by atoms with E-state index in [1.165, 1.54) is 11.8 Å². The van der Waals surface area contributed by atoms with Crippen molar-refractivity contribution >= 4 is 10.9 Å². The molecule has 1 aliphatic rings. The molecule has 2 aromatic carbocycles. The molecule has 3 aromatic rings. The Labute approximate surface area is 145 Å². The Bertz CT molecular complexity index is 863. The van der Waals surface area contributed by atoms with Crippen molar-refractivity contribution in [1.82, 2.24) is 9.88 Å². The fourth-order valence-corrected chi connectivity index (χ4v) is 3.46. The van der Waals surface area contributed by atoms with Gasteiger partial charge in [-0.15, -0.1) is 0 Å². The number of halogens is 1. The third-order valence-electron chi connectivity index (χ3n) is 4.67. The maximum atomic E-state index is 13.6. The number of aliphatic hydroxyl groups excluding tert-OH is 1. The number of para-hydroxylation sites is 1. The maximum Gasteiger partial charge on any atom is 0.123 e. The Morgan fingerprint density at radius 1 is 1.20 bits per heavy atom. The Balaban J connectivity index is 1.40. The zero-order valence-electron chi connectivity index (χ0n) is 13.9. The van der Waals surface area contributed by atoms with Crippen LogP contribution in [-0.4, -0.2) is 40.8 Å². The number of aromatic amines is 1. The number of H-pyrrole nitrogens is 1. The lowest BCUT2D eigenvalue weighted by Crippen LogP contribution is -2.38. The molecule has 0 fully saturated rings. The lowest BCUT2D eigenvalue weighted by Gasteiger charge is -2.29. The van der Waals surface area contributed by atoms with E-state index in [0.717, 1.165) is 35.2 Å². The lowest BCUT2D eigenvalue weighted by molar-refractivity contribution is 0.0638. The van der Waals surface area contributed by atoms with E-state index >= 15 is 0 Å². The second kappa shape index (κ2) is 6.86. The predicted octanol–water partition coefficient (Wildman–Crippen LogP) is 3.11. The van der Waals surface area contributed by atoms with Crippen molar-refractivity contribution in [3.8, 4) is 5.75 Å². The molecule has 0 aliphatic carbocycles. The maximum absolute atomic E-state index is 13.6. The minimum absolute atomic E-state index is 0.220. The molecule has 1 unspecified atom stereocenters. The van der Waals surface area contributed by atoms with Gasteiger partial charge in [0, 0.05) is 42.7 Å². The molecule has 4 rings (SSSR count). The van der Waals surface area contributed by atoms with Crippen molar-refractivity contribution in [3.05, 3.63) is 65.6 Å². The molecular weight excluding hydrogens is 319 g/mol. The molecule has 2 N–H and O–H groups in total. The van der Waals surface area contributed by atoms with Crippen molar-refractivity contribution in [2.75, 3.05) is 19.7 Å². The normalized spacial score (nSPS) is 15.9. The Hall–Kier alpha value is -2.37. The topological polar surface area (TPSA) is 48.5 Å². The van der Waals surface area contributed by atoms with E-state index < -0.39 is 6.10 Å². The Morgan fingerprint density at radius 3 is 2.88 bits per heavy atom. The molecule has 1 atom stereocenters. The van der Waals surface area contributed by atoms with Gasteiger partial charge in [-0.3, -0.25) is 4.90 Å². The van der Waals surface area contributed by atoms with Gasteiger partial charge in [-0.25, -0.2) is 4.39 Å². The van der Waals surface area contributed by atoms with Crippen LogP contribution in [0.4, 0.5) is 4.39 Å². The van der Waals surface area contributed by atoms with Gasteiger partial charge in [-0.2, -0.15) is 0 Å². The van der Waals surface area contributed by atoms with Crippen LogP contribution in [0.1, 0.15) is 11.3 Å². The van der Waals surface area contributed by atoms with E-state index in [-0.39, 0.29) is 12.4 Å². The number of nitrogens with one attached hydrogen (secondary N) is 1. The molecule has 5 heteroatoms. The molecule has 4 nitrogen and oxygen atoms in total. The summed E-state index contributed by atoms with van der Waals surface area (Å²) in [5.41, 5.74) is 3.28. The SMILES string of the molecule is OC(COc1ccccc1)CN1CCc2[nH]c3ccc(F)cc3c2C1. The highest BCUT2D eigenvalue weighted by Crippen LogP contribution is 2.28. The van der Waals surface area contributed by atoms with Crippen LogP contribution in [0.3, 0.4) is 0 Å². The smallest absolute Gasteiger partial charge is 0.123 e. The standard InChI is InChI=1S/C20H21FN2O2/c21-14-6-7-19-17(10-14)18-12-23(9-8-20(18)22-19)11-15(24)13-25-16-4-2-1-3-5-16/h1-7,10,15,22,24H,8-9,11-13H2. The van der Waals surface area contributed by atoms with Gasteiger partial charge in [0.05, 0.1) is 0 Å². The van der Waals surface area contributed by atoms with Gasteiger partial charge in [0.15, 0.2) is 0 Å². The second-order valence-electron chi connectivity index (χ2n) is 6.54. The summed E-state index contributed by atoms with van der Waals surface area (Å²) < 4.78 is 19.2. The van der Waals surface area contributed by atoms with Gasteiger partial charge in [-0.05, 0) is 35.9 Å². The van der Waals surface area contributed by atoms with Gasteiger partial charge < -0.3 is 14.8 Å². The largest absolute Gasteiger partial charge is 0.491 e. The highest BCUT2D eigenvalue weighted by Gasteiger charge is 2.22. The van der Waals surface area contributed by atoms with E-state index in [9.17, 15) is 9.50 Å². The van der Waals surface area contributed by atoms with Crippen LogP contribution in [0.15, 0.2) is 48.5 Å². The lowest BCUT2D eigenvalue weighted by atomic mass is 10.0. The van der Waals surface area contributed by atoms with Crippen LogP contribution >= 0.6 is 0 Å². The van der Waals surface area contributed by atoms with Crippen molar-refractivity contribution in [1.29, 1.82) is 0 Å². The number of ether oxygens (including phenoxy) is 1. The molecule has 25 heavy (non-hydrogen) atoms. The van der Waals surface area contributed by atoms with Crippen molar-refractivity contribution < 1.29 is 14.2 Å². The third kappa shape index (κ3) is 3.52. The average molecular weight is 340 g/mol. The summed E-state index contributed by atoms with van der Waals surface area (Å²) in [6, 6.07) is 14.3. The van der Waals surface area contributed by atoms with Gasteiger partial charge in [0.1, 0.15) is 24.3 Å². The van der Waals surface area contributed by atoms with Gasteiger partial charge in [0.25, 0.3) is 0 Å². The summed E-state index contributed by atoms with van der Waals surface area (Å²) in [6.07, 6.45) is 0.307. The van der Waals surface area contributed by atoms with E-state index in [0.29, 0.717) is 13.1 Å². The zero-order chi connectivity index (χ0) is 17.2. The number of benzene rings is 2. The third-order valence-corrected chi connectivity index (χ3v) is 4.67. The first-order valence-electron chi connectivity index (χ1n) is 8.56. The van der Waals surface area contributed by atoms with Crippen LogP contribution in [0, 0.1) is 5.82 Å². The van der Waals surface area contributed by atoms with E-state index in [4.69, 9.17) is 4.74 Å². The summed E-state index contributed by atoms with van der Waals surface area (Å²) in [6.45, 7) is 2.37. The summed E-state index contributed by atoms with van der Waals surface area (Å²) >= 11 is 0. The van der Waals surface area contributed by atoms with Crippen molar-refractivity contribution in [2.24, 2.45) is 0 Å². The molecule has 2 heterocycles. The Morgan fingerprint density at radius 2 is 2.04 bits per heavy atom. The molecule has 0 saturated heterocycles. The van der Waals surface area contributed by atoms with Crippen molar-refractivity contribution in [3.63, 3.8) is 0 Å². The molecular formula is C20H21FN2O2. The molecule has 0 bridgehead atoms. The molecule has 0 spiro atoms. The van der Waals surface area contributed by atoms with Crippen LogP contribution in [0.25, 0.3) is 10.9 Å². The van der Waals surface area contributed by atoms with Gasteiger partial charge in [-0.1, -0.05) is 18.2 Å². The first-order chi connectivity index (χ1) is 12.2. The highest BCUT2D eigenvalue weighted by molar-refractivity contribution is 5.84. The molecule has 1 aliphatic heterocycles. The van der Waals surface area contributed by atoms with Crippen LogP contribution in [-0.2, 0) is 13.0 Å². The zero-order valence-corrected chi connectivity index (χ0v) is 13.9. The van der Waals surface area contributed by atoms with E-state index in [1.54, 1.807) is 12.1 Å². The number of nitrogens with zero attached hydrogens (tertiary/aromatic N) is 1. The minimum atomic E-state index is -0.566.